The second-order valence-electron chi connectivity index (χ2n) is 7.68. The first-order valence-corrected chi connectivity index (χ1v) is 11.1. The van der Waals surface area contributed by atoms with Crippen molar-refractivity contribution in [2.24, 2.45) is 0 Å². The number of hydrogen-bond acceptors (Lipinski definition) is 5. The van der Waals surface area contributed by atoms with Crippen molar-refractivity contribution in [3.05, 3.63) is 12.2 Å². The summed E-state index contributed by atoms with van der Waals surface area (Å²) in [4.78, 5) is 0. The molecule has 0 spiro atoms. The van der Waals surface area contributed by atoms with Gasteiger partial charge in [0, 0.05) is 6.61 Å². The van der Waals surface area contributed by atoms with Crippen molar-refractivity contribution in [3.63, 3.8) is 0 Å². The van der Waals surface area contributed by atoms with Gasteiger partial charge in [-0.3, -0.25) is 0 Å². The summed E-state index contributed by atoms with van der Waals surface area (Å²) in [5.41, 5.74) is 0. The minimum absolute atomic E-state index is 0.0917. The van der Waals surface area contributed by atoms with Gasteiger partial charge in [0.2, 0.25) is 0 Å². The highest BCUT2D eigenvalue weighted by Gasteiger charge is 2.38. The highest BCUT2D eigenvalue weighted by Crippen LogP contribution is 2.19. The molecule has 160 valence electrons. The van der Waals surface area contributed by atoms with E-state index in [9.17, 15) is 10.2 Å². The molecule has 0 aliphatic carbocycles. The second kappa shape index (κ2) is 16.5. The molecule has 5 nitrogen and oxygen atoms in total. The van der Waals surface area contributed by atoms with Gasteiger partial charge in [0.1, 0.15) is 24.4 Å². The Bertz CT molecular complexity index is 361. The Morgan fingerprint density at radius 1 is 0.889 bits per heavy atom. The summed E-state index contributed by atoms with van der Waals surface area (Å²) >= 11 is 0. The minimum Gasteiger partial charge on any atom is -0.394 e. The van der Waals surface area contributed by atoms with E-state index in [2.05, 4.69) is 19.1 Å². The Morgan fingerprint density at radius 2 is 1.48 bits per heavy atom. The number of allylic oxidation sites excluding steroid dienone is 2. The predicted molar refractivity (Wildman–Crippen MR) is 109 cm³/mol. The van der Waals surface area contributed by atoms with Crippen LogP contribution in [0.4, 0.5) is 0 Å². The van der Waals surface area contributed by atoms with Crippen molar-refractivity contribution >= 4 is 0 Å². The van der Waals surface area contributed by atoms with Crippen LogP contribution in [0.1, 0.15) is 84.0 Å². The largest absolute Gasteiger partial charge is 0.394 e. The fraction of sp³-hybridized carbons (Fsp3) is 0.909. The van der Waals surface area contributed by atoms with E-state index in [-0.39, 0.29) is 13.2 Å². The Kier molecular flexibility index (Phi) is 15.0. The van der Waals surface area contributed by atoms with E-state index in [0.29, 0.717) is 6.61 Å². The molecule has 0 radical (unpaired) electrons. The Labute approximate surface area is 165 Å². The second-order valence-corrected chi connectivity index (χ2v) is 7.68. The van der Waals surface area contributed by atoms with Gasteiger partial charge in [-0.05, 0) is 32.1 Å². The summed E-state index contributed by atoms with van der Waals surface area (Å²) in [7, 11) is 0. The molecule has 0 amide bonds. The SMILES string of the molecule is CCCCCCCCCC/C=C/CCCCO[C@H]1[C@H](O)[C@@H](CO)OC[C@@H]1O. The van der Waals surface area contributed by atoms with Crippen LogP contribution in [-0.4, -0.2) is 59.6 Å². The summed E-state index contributed by atoms with van der Waals surface area (Å²) in [6, 6.07) is 0. The Balaban J connectivity index is 1.92. The number of aliphatic hydroxyl groups excluding tert-OH is 3. The minimum atomic E-state index is -0.981. The van der Waals surface area contributed by atoms with Crippen molar-refractivity contribution in [1.82, 2.24) is 0 Å². The molecular formula is C22H42O5. The van der Waals surface area contributed by atoms with Gasteiger partial charge in [0.15, 0.2) is 0 Å². The predicted octanol–water partition coefficient (Wildman–Crippen LogP) is 3.74. The summed E-state index contributed by atoms with van der Waals surface area (Å²) < 4.78 is 10.8. The van der Waals surface area contributed by atoms with Gasteiger partial charge >= 0.3 is 0 Å². The maximum Gasteiger partial charge on any atom is 0.114 e. The molecule has 3 N–H and O–H groups in total. The van der Waals surface area contributed by atoms with Gasteiger partial charge in [0.05, 0.1) is 13.2 Å². The maximum absolute atomic E-state index is 10.0. The lowest BCUT2D eigenvalue weighted by Gasteiger charge is -2.37. The quantitative estimate of drug-likeness (QED) is 0.278. The molecule has 0 aromatic heterocycles. The molecule has 27 heavy (non-hydrogen) atoms. The first-order valence-electron chi connectivity index (χ1n) is 11.1. The monoisotopic (exact) mass is 386 g/mol. The number of unbranched alkanes of at least 4 members (excludes halogenated alkanes) is 10. The molecule has 0 saturated carbocycles. The summed E-state index contributed by atoms with van der Waals surface area (Å²) in [5, 5.41) is 29.0. The molecule has 0 bridgehead atoms. The van der Waals surface area contributed by atoms with E-state index < -0.39 is 24.4 Å². The molecule has 0 unspecified atom stereocenters. The molecule has 1 aliphatic rings. The van der Waals surface area contributed by atoms with Crippen LogP contribution in [0, 0.1) is 0 Å². The summed E-state index contributed by atoms with van der Waals surface area (Å²) in [6.07, 6.45) is 16.4. The van der Waals surface area contributed by atoms with E-state index >= 15 is 0 Å². The molecular weight excluding hydrogens is 344 g/mol. The first-order chi connectivity index (χ1) is 13.2. The highest BCUT2D eigenvalue weighted by molar-refractivity contribution is 4.87. The van der Waals surface area contributed by atoms with E-state index in [1.807, 2.05) is 0 Å². The fourth-order valence-corrected chi connectivity index (χ4v) is 3.44. The van der Waals surface area contributed by atoms with E-state index in [1.165, 1.54) is 57.8 Å². The van der Waals surface area contributed by atoms with Crippen LogP contribution in [0.25, 0.3) is 0 Å². The standard InChI is InChI=1S/C22H42O5/c1-2-3-4-5-6-7-8-9-10-11-12-13-14-15-16-26-22-19(24)18-27-20(17-23)21(22)25/h11-12,19-25H,2-10,13-18H2,1H3/b12-11+/t19-,20+,21+,22+/m0/s1. The third-order valence-electron chi connectivity index (χ3n) is 5.22. The Hall–Kier alpha value is -0.460. The zero-order valence-corrected chi connectivity index (χ0v) is 17.2. The Morgan fingerprint density at radius 3 is 2.11 bits per heavy atom. The zero-order valence-electron chi connectivity index (χ0n) is 17.2. The van der Waals surface area contributed by atoms with Crippen LogP contribution in [0.15, 0.2) is 12.2 Å². The summed E-state index contributed by atoms with van der Waals surface area (Å²) in [6.45, 7) is 2.59. The molecule has 1 heterocycles. The van der Waals surface area contributed by atoms with Gasteiger partial charge in [-0.15, -0.1) is 0 Å². The molecule has 1 saturated heterocycles. The maximum atomic E-state index is 10.0. The van der Waals surface area contributed by atoms with Gasteiger partial charge in [-0.1, -0.05) is 64.0 Å². The zero-order chi connectivity index (χ0) is 19.7. The number of aliphatic hydroxyl groups is 3. The first kappa shape index (κ1) is 24.6. The lowest BCUT2D eigenvalue weighted by atomic mass is 10.0. The van der Waals surface area contributed by atoms with E-state index in [4.69, 9.17) is 14.6 Å². The van der Waals surface area contributed by atoms with Crippen LogP contribution in [0.2, 0.25) is 0 Å². The van der Waals surface area contributed by atoms with Crippen LogP contribution >= 0.6 is 0 Å². The molecule has 0 aromatic carbocycles. The molecule has 5 heteroatoms. The van der Waals surface area contributed by atoms with Crippen LogP contribution in [0.5, 0.6) is 0 Å². The topological polar surface area (TPSA) is 79.2 Å². The van der Waals surface area contributed by atoms with Crippen molar-refractivity contribution in [1.29, 1.82) is 0 Å². The van der Waals surface area contributed by atoms with Gasteiger partial charge in [0.25, 0.3) is 0 Å². The van der Waals surface area contributed by atoms with Gasteiger partial charge in [-0.2, -0.15) is 0 Å². The van der Waals surface area contributed by atoms with Crippen molar-refractivity contribution in [3.8, 4) is 0 Å². The lowest BCUT2D eigenvalue weighted by Crippen LogP contribution is -2.55. The fourth-order valence-electron chi connectivity index (χ4n) is 3.44. The molecule has 1 fully saturated rings. The van der Waals surface area contributed by atoms with Crippen molar-refractivity contribution in [2.75, 3.05) is 19.8 Å². The summed E-state index contributed by atoms with van der Waals surface area (Å²) in [5.74, 6) is 0. The van der Waals surface area contributed by atoms with Gasteiger partial charge < -0.3 is 24.8 Å². The molecule has 0 aromatic rings. The van der Waals surface area contributed by atoms with Crippen LogP contribution in [0.3, 0.4) is 0 Å². The average molecular weight is 387 g/mol. The number of hydrogen-bond donors (Lipinski definition) is 3. The third-order valence-corrected chi connectivity index (χ3v) is 5.22. The van der Waals surface area contributed by atoms with Crippen LogP contribution < -0.4 is 0 Å². The smallest absolute Gasteiger partial charge is 0.114 e. The average Bonchev–Trinajstić information content (AvgIpc) is 2.67. The van der Waals surface area contributed by atoms with E-state index in [0.717, 1.165) is 19.3 Å². The van der Waals surface area contributed by atoms with E-state index in [1.54, 1.807) is 0 Å². The van der Waals surface area contributed by atoms with Crippen LogP contribution in [-0.2, 0) is 9.47 Å². The molecule has 1 aliphatic heterocycles. The molecule has 4 atom stereocenters. The third kappa shape index (κ3) is 11.2. The van der Waals surface area contributed by atoms with Crippen molar-refractivity contribution < 1.29 is 24.8 Å². The normalized spacial score (nSPS) is 26.1. The highest BCUT2D eigenvalue weighted by atomic mass is 16.6. The number of rotatable bonds is 16. The number of ether oxygens (including phenoxy) is 2. The van der Waals surface area contributed by atoms with Crippen molar-refractivity contribution in [2.45, 2.75) is 108 Å². The molecule has 1 rings (SSSR count). The lowest BCUT2D eigenvalue weighted by molar-refractivity contribution is -0.210. The van der Waals surface area contributed by atoms with Gasteiger partial charge in [-0.25, -0.2) is 0 Å².